The zero-order chi connectivity index (χ0) is 10.7. The number of hydrogen-bond acceptors (Lipinski definition) is 3. The first-order valence-electron chi connectivity index (χ1n) is 4.02. The normalized spacial score (nSPS) is 10.0. The van der Waals surface area contributed by atoms with Crippen molar-refractivity contribution in [2.75, 3.05) is 13.4 Å². The van der Waals surface area contributed by atoms with Gasteiger partial charge in [-0.05, 0) is 30.9 Å². The Balaban J connectivity index is 3.29. The van der Waals surface area contributed by atoms with Crippen LogP contribution in [0, 0.1) is 12.7 Å². The summed E-state index contributed by atoms with van der Waals surface area (Å²) in [4.78, 5) is 12.0. The highest BCUT2D eigenvalue weighted by atomic mass is 32.2. The summed E-state index contributed by atoms with van der Waals surface area (Å²) in [5.74, 6) is -0.919. The molecule has 0 bridgehead atoms. The van der Waals surface area contributed by atoms with E-state index in [1.54, 1.807) is 6.92 Å². The fourth-order valence-electron chi connectivity index (χ4n) is 1.19. The van der Waals surface area contributed by atoms with Crippen LogP contribution in [0.25, 0.3) is 0 Å². The molecule has 1 aromatic carbocycles. The first-order chi connectivity index (χ1) is 6.60. The van der Waals surface area contributed by atoms with Crippen molar-refractivity contribution >= 4 is 17.7 Å². The van der Waals surface area contributed by atoms with E-state index in [0.29, 0.717) is 0 Å². The third-order valence-electron chi connectivity index (χ3n) is 1.95. The number of thioether (sulfide) groups is 1. The molecule has 14 heavy (non-hydrogen) atoms. The third-order valence-corrected chi connectivity index (χ3v) is 2.81. The number of rotatable bonds is 2. The minimum absolute atomic E-state index is 0.289. The van der Waals surface area contributed by atoms with Crippen LogP contribution in [0.5, 0.6) is 0 Å². The summed E-state index contributed by atoms with van der Waals surface area (Å²) in [7, 11) is 1.28. The highest BCUT2D eigenvalue weighted by Crippen LogP contribution is 2.24. The van der Waals surface area contributed by atoms with Crippen LogP contribution in [-0.2, 0) is 4.74 Å². The van der Waals surface area contributed by atoms with E-state index in [1.165, 1.54) is 31.0 Å². The predicted octanol–water partition coefficient (Wildman–Crippen LogP) is 2.64. The van der Waals surface area contributed by atoms with Crippen LogP contribution >= 0.6 is 11.8 Å². The fourth-order valence-corrected chi connectivity index (χ4v) is 1.83. The molecule has 0 radical (unpaired) electrons. The molecule has 2 nitrogen and oxygen atoms in total. The second-order valence-corrected chi connectivity index (χ2v) is 3.62. The van der Waals surface area contributed by atoms with Gasteiger partial charge in [0.25, 0.3) is 0 Å². The number of halogens is 1. The third kappa shape index (κ3) is 2.07. The maximum absolute atomic E-state index is 13.1. The Morgan fingerprint density at radius 2 is 2.14 bits per heavy atom. The van der Waals surface area contributed by atoms with Gasteiger partial charge in [-0.1, -0.05) is 0 Å². The van der Waals surface area contributed by atoms with Crippen molar-refractivity contribution in [2.24, 2.45) is 0 Å². The summed E-state index contributed by atoms with van der Waals surface area (Å²) in [6, 6.07) is 2.60. The SMILES string of the molecule is COC(=O)c1cc(F)cc(SC)c1C. The first kappa shape index (κ1) is 11.0. The Morgan fingerprint density at radius 1 is 1.50 bits per heavy atom. The van der Waals surface area contributed by atoms with Gasteiger partial charge in [0.05, 0.1) is 12.7 Å². The van der Waals surface area contributed by atoms with Crippen molar-refractivity contribution in [3.63, 3.8) is 0 Å². The van der Waals surface area contributed by atoms with E-state index in [9.17, 15) is 9.18 Å². The molecule has 0 aliphatic carbocycles. The Labute approximate surface area is 86.5 Å². The van der Waals surface area contributed by atoms with Gasteiger partial charge in [0.2, 0.25) is 0 Å². The van der Waals surface area contributed by atoms with Crippen molar-refractivity contribution in [1.82, 2.24) is 0 Å². The van der Waals surface area contributed by atoms with Crippen molar-refractivity contribution in [2.45, 2.75) is 11.8 Å². The molecule has 0 amide bonds. The molecule has 0 fully saturated rings. The lowest BCUT2D eigenvalue weighted by atomic mass is 10.1. The summed E-state index contributed by atoms with van der Waals surface area (Å²) in [5.41, 5.74) is 1.04. The lowest BCUT2D eigenvalue weighted by Gasteiger charge is -2.08. The molecule has 0 spiro atoms. The molecule has 0 unspecified atom stereocenters. The summed E-state index contributed by atoms with van der Waals surface area (Å²) in [6.07, 6.45) is 1.84. The van der Waals surface area contributed by atoms with E-state index in [4.69, 9.17) is 0 Å². The molecule has 0 saturated carbocycles. The smallest absolute Gasteiger partial charge is 0.338 e. The van der Waals surface area contributed by atoms with Gasteiger partial charge < -0.3 is 4.74 Å². The Kier molecular flexibility index (Phi) is 3.52. The average Bonchev–Trinajstić information content (AvgIpc) is 2.19. The first-order valence-corrected chi connectivity index (χ1v) is 5.25. The molecule has 0 atom stereocenters. The van der Waals surface area contributed by atoms with Gasteiger partial charge in [-0.2, -0.15) is 0 Å². The molecule has 1 rings (SSSR count). The Bertz CT molecular complexity index is 363. The van der Waals surface area contributed by atoms with Crippen LogP contribution in [0.1, 0.15) is 15.9 Å². The summed E-state index contributed by atoms with van der Waals surface area (Å²) < 4.78 is 17.6. The lowest BCUT2D eigenvalue weighted by Crippen LogP contribution is -2.05. The average molecular weight is 214 g/mol. The summed E-state index contributed by atoms with van der Waals surface area (Å²) in [5, 5.41) is 0. The molecule has 0 aliphatic heterocycles. The van der Waals surface area contributed by atoms with E-state index in [0.717, 1.165) is 10.5 Å². The topological polar surface area (TPSA) is 26.3 Å². The van der Waals surface area contributed by atoms with Crippen molar-refractivity contribution < 1.29 is 13.9 Å². The number of carbonyl (C=O) groups is 1. The van der Waals surface area contributed by atoms with E-state index < -0.39 is 11.8 Å². The van der Waals surface area contributed by atoms with E-state index in [-0.39, 0.29) is 5.56 Å². The van der Waals surface area contributed by atoms with Gasteiger partial charge in [-0.3, -0.25) is 0 Å². The van der Waals surface area contributed by atoms with Crippen LogP contribution < -0.4 is 0 Å². The largest absolute Gasteiger partial charge is 0.465 e. The van der Waals surface area contributed by atoms with Crippen LogP contribution in [0.2, 0.25) is 0 Å². The minimum atomic E-state index is -0.502. The predicted molar refractivity (Wildman–Crippen MR) is 54.3 cm³/mol. The molecular weight excluding hydrogens is 203 g/mol. The second-order valence-electron chi connectivity index (χ2n) is 2.77. The van der Waals surface area contributed by atoms with Gasteiger partial charge >= 0.3 is 5.97 Å². The van der Waals surface area contributed by atoms with Gasteiger partial charge in [-0.15, -0.1) is 11.8 Å². The molecule has 4 heteroatoms. The van der Waals surface area contributed by atoms with Gasteiger partial charge in [-0.25, -0.2) is 9.18 Å². The summed E-state index contributed by atoms with van der Waals surface area (Å²) in [6.45, 7) is 1.78. The number of ether oxygens (including phenoxy) is 1. The van der Waals surface area contributed by atoms with Crippen molar-refractivity contribution in [1.29, 1.82) is 0 Å². The standard InChI is InChI=1S/C10H11FO2S/c1-6-8(10(12)13-2)4-7(11)5-9(6)14-3/h4-5H,1-3H3. The van der Waals surface area contributed by atoms with Gasteiger partial charge in [0, 0.05) is 4.90 Å². The maximum atomic E-state index is 13.1. The highest BCUT2D eigenvalue weighted by Gasteiger charge is 2.13. The molecule has 76 valence electrons. The van der Waals surface area contributed by atoms with Gasteiger partial charge in [0.15, 0.2) is 0 Å². The quantitative estimate of drug-likeness (QED) is 0.559. The Morgan fingerprint density at radius 3 is 2.64 bits per heavy atom. The fraction of sp³-hybridized carbons (Fsp3) is 0.300. The van der Waals surface area contributed by atoms with Crippen molar-refractivity contribution in [3.8, 4) is 0 Å². The number of benzene rings is 1. The number of esters is 1. The van der Waals surface area contributed by atoms with Crippen LogP contribution in [0.4, 0.5) is 4.39 Å². The zero-order valence-electron chi connectivity index (χ0n) is 8.26. The number of methoxy groups -OCH3 is 1. The molecule has 0 N–H and O–H groups in total. The lowest BCUT2D eigenvalue weighted by molar-refractivity contribution is 0.0599. The molecule has 0 aromatic heterocycles. The van der Waals surface area contributed by atoms with E-state index >= 15 is 0 Å². The van der Waals surface area contributed by atoms with E-state index in [1.807, 2.05) is 6.26 Å². The molecular formula is C10H11FO2S. The molecule has 0 saturated heterocycles. The highest BCUT2D eigenvalue weighted by molar-refractivity contribution is 7.98. The Hall–Kier alpha value is -1.03. The van der Waals surface area contributed by atoms with Gasteiger partial charge in [0.1, 0.15) is 5.82 Å². The monoisotopic (exact) mass is 214 g/mol. The van der Waals surface area contributed by atoms with Crippen molar-refractivity contribution in [3.05, 3.63) is 29.1 Å². The number of hydrogen-bond donors (Lipinski definition) is 0. The zero-order valence-corrected chi connectivity index (χ0v) is 9.07. The van der Waals surface area contributed by atoms with E-state index in [2.05, 4.69) is 4.74 Å². The van der Waals surface area contributed by atoms with Crippen LogP contribution in [0.15, 0.2) is 17.0 Å². The summed E-state index contributed by atoms with van der Waals surface area (Å²) >= 11 is 1.40. The number of carbonyl (C=O) groups excluding carboxylic acids is 1. The molecule has 0 aliphatic rings. The minimum Gasteiger partial charge on any atom is -0.465 e. The molecule has 0 heterocycles. The maximum Gasteiger partial charge on any atom is 0.338 e. The van der Waals surface area contributed by atoms with Crippen LogP contribution in [-0.4, -0.2) is 19.3 Å². The second kappa shape index (κ2) is 4.46. The van der Waals surface area contributed by atoms with Crippen LogP contribution in [0.3, 0.4) is 0 Å². The molecule has 1 aromatic rings.